The van der Waals surface area contributed by atoms with Gasteiger partial charge in [-0.15, -0.1) is 6.58 Å². The fraction of sp³-hybridized carbons (Fsp3) is 0.385. The Hall–Kier alpha value is -1.00. The fourth-order valence-electron chi connectivity index (χ4n) is 1.68. The second kappa shape index (κ2) is 6.67. The average Bonchev–Trinajstić information content (AvgIpc) is 2.36. The normalized spacial score (nSPS) is 12.0. The molecule has 3 nitrogen and oxygen atoms in total. The van der Waals surface area contributed by atoms with E-state index in [1.54, 1.807) is 20.3 Å². The maximum Gasteiger partial charge on any atom is 0.161 e. The van der Waals surface area contributed by atoms with Gasteiger partial charge in [-0.05, 0) is 24.1 Å². The number of rotatable bonds is 6. The third kappa shape index (κ3) is 3.23. The van der Waals surface area contributed by atoms with Gasteiger partial charge in [0, 0.05) is 10.4 Å². The number of aliphatic hydroxyl groups is 1. The molecule has 4 heteroatoms. The molecule has 0 radical (unpaired) electrons. The molecule has 1 aromatic rings. The first kappa shape index (κ1) is 14.1. The monoisotopic (exact) mass is 300 g/mol. The fourth-order valence-corrected chi connectivity index (χ4v) is 2.33. The molecule has 1 unspecified atom stereocenters. The molecule has 0 amide bonds. The molecule has 1 atom stereocenters. The van der Waals surface area contributed by atoms with Gasteiger partial charge in [-0.2, -0.15) is 0 Å². The lowest BCUT2D eigenvalue weighted by Crippen LogP contribution is -2.05. The Balaban J connectivity index is 3.18. The maximum atomic E-state index is 9.38. The first-order chi connectivity index (χ1) is 8.17. The van der Waals surface area contributed by atoms with Crippen LogP contribution in [0.1, 0.15) is 17.9 Å². The zero-order chi connectivity index (χ0) is 12.8. The van der Waals surface area contributed by atoms with Crippen LogP contribution in [0.15, 0.2) is 29.3 Å². The summed E-state index contributed by atoms with van der Waals surface area (Å²) in [6.45, 7) is 3.77. The lowest BCUT2D eigenvalue weighted by atomic mass is 9.96. The smallest absolute Gasteiger partial charge is 0.161 e. The summed E-state index contributed by atoms with van der Waals surface area (Å²) in [5.74, 6) is 1.34. The number of allylic oxidation sites excluding steroid dienone is 1. The summed E-state index contributed by atoms with van der Waals surface area (Å²) in [6.07, 6.45) is 2.51. The molecule has 0 heterocycles. The minimum atomic E-state index is 0.0154. The number of hydrogen-bond acceptors (Lipinski definition) is 3. The van der Waals surface area contributed by atoms with E-state index in [9.17, 15) is 5.11 Å². The SMILES string of the molecule is C=CCC(CO)c1cc(OC)c(OC)cc1Br. The summed E-state index contributed by atoms with van der Waals surface area (Å²) < 4.78 is 11.4. The summed E-state index contributed by atoms with van der Waals surface area (Å²) in [4.78, 5) is 0. The van der Waals surface area contributed by atoms with E-state index < -0.39 is 0 Å². The molecule has 0 fully saturated rings. The Morgan fingerprint density at radius 2 is 1.94 bits per heavy atom. The molecule has 0 aliphatic heterocycles. The third-order valence-electron chi connectivity index (χ3n) is 2.61. The van der Waals surface area contributed by atoms with Gasteiger partial charge in [0.25, 0.3) is 0 Å². The molecule has 0 saturated carbocycles. The van der Waals surface area contributed by atoms with Gasteiger partial charge in [0.1, 0.15) is 0 Å². The molecule has 1 aromatic carbocycles. The zero-order valence-electron chi connectivity index (χ0n) is 10.1. The van der Waals surface area contributed by atoms with Crippen LogP contribution in [0.5, 0.6) is 11.5 Å². The van der Waals surface area contributed by atoms with Gasteiger partial charge < -0.3 is 14.6 Å². The Morgan fingerprint density at radius 3 is 2.41 bits per heavy atom. The van der Waals surface area contributed by atoms with Crippen molar-refractivity contribution in [2.24, 2.45) is 0 Å². The number of ether oxygens (including phenoxy) is 2. The van der Waals surface area contributed by atoms with E-state index in [1.807, 2.05) is 12.1 Å². The summed E-state index contributed by atoms with van der Waals surface area (Å²) in [7, 11) is 3.19. The Kier molecular flexibility index (Phi) is 5.51. The van der Waals surface area contributed by atoms with Gasteiger partial charge >= 0.3 is 0 Å². The minimum absolute atomic E-state index is 0.0154. The standard InChI is InChI=1S/C13H17BrO3/c1-4-5-9(8-15)10-6-12(16-2)13(17-3)7-11(10)14/h4,6-7,9,15H,1,5,8H2,2-3H3. The molecule has 17 heavy (non-hydrogen) atoms. The van der Waals surface area contributed by atoms with Crippen LogP contribution in [0.25, 0.3) is 0 Å². The van der Waals surface area contributed by atoms with Crippen LogP contribution in [0.3, 0.4) is 0 Å². The van der Waals surface area contributed by atoms with Crippen LogP contribution in [0, 0.1) is 0 Å². The van der Waals surface area contributed by atoms with Crippen LogP contribution in [-0.2, 0) is 0 Å². The molecule has 0 spiro atoms. The van der Waals surface area contributed by atoms with Crippen molar-refractivity contribution in [1.29, 1.82) is 0 Å². The number of hydrogen-bond donors (Lipinski definition) is 1. The van der Waals surface area contributed by atoms with Gasteiger partial charge in [0.15, 0.2) is 11.5 Å². The summed E-state index contributed by atoms with van der Waals surface area (Å²) in [6, 6.07) is 3.73. The van der Waals surface area contributed by atoms with Crippen molar-refractivity contribution in [3.8, 4) is 11.5 Å². The highest BCUT2D eigenvalue weighted by molar-refractivity contribution is 9.10. The molecule has 0 aromatic heterocycles. The highest BCUT2D eigenvalue weighted by atomic mass is 79.9. The lowest BCUT2D eigenvalue weighted by molar-refractivity contribution is 0.265. The first-order valence-electron chi connectivity index (χ1n) is 5.31. The van der Waals surface area contributed by atoms with Gasteiger partial charge in [0.2, 0.25) is 0 Å². The zero-order valence-corrected chi connectivity index (χ0v) is 11.7. The molecule has 0 saturated heterocycles. The van der Waals surface area contributed by atoms with E-state index in [2.05, 4.69) is 22.5 Å². The van der Waals surface area contributed by atoms with Crippen molar-refractivity contribution >= 4 is 15.9 Å². The highest BCUT2D eigenvalue weighted by Gasteiger charge is 2.16. The summed E-state index contributed by atoms with van der Waals surface area (Å²) in [5.41, 5.74) is 0.991. The van der Waals surface area contributed by atoms with Crippen LogP contribution >= 0.6 is 15.9 Å². The molecule has 0 bridgehead atoms. The van der Waals surface area contributed by atoms with Crippen LogP contribution in [0.4, 0.5) is 0 Å². The van der Waals surface area contributed by atoms with Crippen molar-refractivity contribution in [2.75, 3.05) is 20.8 Å². The van der Waals surface area contributed by atoms with E-state index in [4.69, 9.17) is 9.47 Å². The van der Waals surface area contributed by atoms with Crippen LogP contribution in [0.2, 0.25) is 0 Å². The second-order valence-corrected chi connectivity index (χ2v) is 4.49. The molecule has 0 aliphatic carbocycles. The van der Waals surface area contributed by atoms with Crippen molar-refractivity contribution in [2.45, 2.75) is 12.3 Å². The van der Waals surface area contributed by atoms with Crippen molar-refractivity contribution in [3.05, 3.63) is 34.8 Å². The highest BCUT2D eigenvalue weighted by Crippen LogP contribution is 2.37. The number of halogens is 1. The molecule has 94 valence electrons. The third-order valence-corrected chi connectivity index (χ3v) is 3.30. The van der Waals surface area contributed by atoms with Gasteiger partial charge in [-0.25, -0.2) is 0 Å². The Morgan fingerprint density at radius 1 is 1.35 bits per heavy atom. The average molecular weight is 301 g/mol. The molecular formula is C13H17BrO3. The summed E-state index contributed by atoms with van der Waals surface area (Å²) >= 11 is 3.48. The summed E-state index contributed by atoms with van der Waals surface area (Å²) in [5, 5.41) is 9.38. The Bertz CT molecular complexity index is 390. The number of aliphatic hydroxyl groups excluding tert-OH is 1. The van der Waals surface area contributed by atoms with Crippen molar-refractivity contribution < 1.29 is 14.6 Å². The minimum Gasteiger partial charge on any atom is -0.493 e. The van der Waals surface area contributed by atoms with Gasteiger partial charge in [0.05, 0.1) is 20.8 Å². The van der Waals surface area contributed by atoms with E-state index in [1.165, 1.54) is 0 Å². The van der Waals surface area contributed by atoms with E-state index in [-0.39, 0.29) is 12.5 Å². The maximum absolute atomic E-state index is 9.38. The van der Waals surface area contributed by atoms with E-state index in [0.29, 0.717) is 17.9 Å². The molecule has 1 rings (SSSR count). The van der Waals surface area contributed by atoms with E-state index >= 15 is 0 Å². The lowest BCUT2D eigenvalue weighted by Gasteiger charge is -2.17. The first-order valence-corrected chi connectivity index (χ1v) is 6.10. The number of benzene rings is 1. The topological polar surface area (TPSA) is 38.7 Å². The van der Waals surface area contributed by atoms with Crippen LogP contribution in [-0.4, -0.2) is 25.9 Å². The quantitative estimate of drug-likeness (QED) is 0.821. The van der Waals surface area contributed by atoms with E-state index in [0.717, 1.165) is 10.0 Å². The molecular weight excluding hydrogens is 284 g/mol. The Labute approximate surface area is 110 Å². The van der Waals surface area contributed by atoms with Gasteiger partial charge in [-0.3, -0.25) is 0 Å². The van der Waals surface area contributed by atoms with Crippen LogP contribution < -0.4 is 9.47 Å². The predicted molar refractivity (Wildman–Crippen MR) is 71.9 cm³/mol. The number of methoxy groups -OCH3 is 2. The van der Waals surface area contributed by atoms with Gasteiger partial charge in [-0.1, -0.05) is 22.0 Å². The predicted octanol–water partition coefficient (Wildman–Crippen LogP) is 3.12. The molecule has 1 N–H and O–H groups in total. The molecule has 0 aliphatic rings. The van der Waals surface area contributed by atoms with Crippen molar-refractivity contribution in [1.82, 2.24) is 0 Å². The largest absolute Gasteiger partial charge is 0.493 e. The second-order valence-electron chi connectivity index (χ2n) is 3.63. The van der Waals surface area contributed by atoms with Crippen molar-refractivity contribution in [3.63, 3.8) is 0 Å².